The van der Waals surface area contributed by atoms with Crippen LogP contribution < -0.4 is 11.5 Å². The molecule has 0 aliphatic rings. The fraction of sp³-hybridized carbons (Fsp3) is 0.100. The molecule has 0 aliphatic heterocycles. The molecular weight excluding hydrogens is 240 g/mol. The van der Waals surface area contributed by atoms with Crippen LogP contribution in [0, 0.1) is 0 Å². The SMILES string of the molecule is NC(=O)Cn1nc(-c2cccs2)c(C=O)c1N. The molecule has 0 aromatic carbocycles. The molecule has 0 bridgehead atoms. The van der Waals surface area contributed by atoms with Gasteiger partial charge in [0.05, 0.1) is 10.4 Å². The minimum absolute atomic E-state index is 0.141. The van der Waals surface area contributed by atoms with Gasteiger partial charge >= 0.3 is 0 Å². The van der Waals surface area contributed by atoms with Crippen LogP contribution >= 0.6 is 11.3 Å². The van der Waals surface area contributed by atoms with E-state index in [0.717, 1.165) is 4.88 Å². The van der Waals surface area contributed by atoms with Crippen LogP contribution in [0.1, 0.15) is 10.4 Å². The van der Waals surface area contributed by atoms with Gasteiger partial charge < -0.3 is 11.5 Å². The van der Waals surface area contributed by atoms with Gasteiger partial charge in [-0.15, -0.1) is 11.3 Å². The second-order valence-electron chi connectivity index (χ2n) is 3.37. The van der Waals surface area contributed by atoms with Crippen molar-refractivity contribution < 1.29 is 9.59 Å². The first kappa shape index (κ1) is 11.3. The molecule has 2 aromatic heterocycles. The molecule has 0 spiro atoms. The van der Waals surface area contributed by atoms with E-state index in [9.17, 15) is 9.59 Å². The summed E-state index contributed by atoms with van der Waals surface area (Å²) in [5.74, 6) is -0.406. The Morgan fingerprint density at radius 3 is 2.88 bits per heavy atom. The van der Waals surface area contributed by atoms with Crippen molar-refractivity contribution in [1.29, 1.82) is 0 Å². The summed E-state index contributed by atoms with van der Waals surface area (Å²) in [6.45, 7) is -0.141. The average Bonchev–Trinajstić information content (AvgIpc) is 2.87. The summed E-state index contributed by atoms with van der Waals surface area (Å²) in [6, 6.07) is 3.67. The topological polar surface area (TPSA) is 104 Å². The molecular formula is C10H10N4O2S. The van der Waals surface area contributed by atoms with Crippen molar-refractivity contribution in [3.05, 3.63) is 23.1 Å². The maximum absolute atomic E-state index is 11.0. The summed E-state index contributed by atoms with van der Waals surface area (Å²) in [5, 5.41) is 6.00. The maximum Gasteiger partial charge on any atom is 0.239 e. The molecule has 0 fully saturated rings. The average molecular weight is 250 g/mol. The van der Waals surface area contributed by atoms with Crippen molar-refractivity contribution in [1.82, 2.24) is 9.78 Å². The van der Waals surface area contributed by atoms with Gasteiger partial charge in [0.2, 0.25) is 5.91 Å². The summed E-state index contributed by atoms with van der Waals surface area (Å²) in [4.78, 5) is 22.7. The number of aromatic nitrogens is 2. The summed E-state index contributed by atoms with van der Waals surface area (Å²) >= 11 is 1.44. The number of amides is 1. The molecule has 0 radical (unpaired) electrons. The molecule has 0 saturated carbocycles. The molecule has 0 atom stereocenters. The van der Waals surface area contributed by atoms with E-state index in [0.29, 0.717) is 12.0 Å². The van der Waals surface area contributed by atoms with Crippen LogP contribution in [-0.4, -0.2) is 22.0 Å². The quantitative estimate of drug-likeness (QED) is 0.770. The third-order valence-corrected chi connectivity index (χ3v) is 3.08. The van der Waals surface area contributed by atoms with Crippen molar-refractivity contribution in [3.63, 3.8) is 0 Å². The molecule has 0 unspecified atom stereocenters. The maximum atomic E-state index is 11.0. The normalized spacial score (nSPS) is 10.4. The van der Waals surface area contributed by atoms with Gasteiger partial charge in [-0.25, -0.2) is 4.68 Å². The number of hydrogen-bond donors (Lipinski definition) is 2. The van der Waals surface area contributed by atoms with Crippen LogP contribution in [0.5, 0.6) is 0 Å². The number of nitrogen functional groups attached to an aromatic ring is 1. The van der Waals surface area contributed by atoms with Gasteiger partial charge in [-0.2, -0.15) is 5.10 Å². The number of carbonyl (C=O) groups is 2. The minimum Gasteiger partial charge on any atom is -0.383 e. The zero-order valence-corrected chi connectivity index (χ0v) is 9.61. The third-order valence-electron chi connectivity index (χ3n) is 2.21. The highest BCUT2D eigenvalue weighted by molar-refractivity contribution is 7.13. The van der Waals surface area contributed by atoms with E-state index in [2.05, 4.69) is 5.10 Å². The lowest BCUT2D eigenvalue weighted by atomic mass is 10.2. The first-order valence-electron chi connectivity index (χ1n) is 4.77. The van der Waals surface area contributed by atoms with Crippen LogP contribution in [0.4, 0.5) is 5.82 Å². The van der Waals surface area contributed by atoms with Crippen LogP contribution in [0.3, 0.4) is 0 Å². The first-order valence-corrected chi connectivity index (χ1v) is 5.65. The zero-order valence-electron chi connectivity index (χ0n) is 8.79. The van der Waals surface area contributed by atoms with Gasteiger partial charge in [-0.1, -0.05) is 6.07 Å². The van der Waals surface area contributed by atoms with Crippen molar-refractivity contribution in [2.24, 2.45) is 5.73 Å². The van der Waals surface area contributed by atoms with E-state index in [1.54, 1.807) is 0 Å². The number of rotatable bonds is 4. The van der Waals surface area contributed by atoms with Crippen molar-refractivity contribution in [3.8, 4) is 10.6 Å². The standard InChI is InChI=1S/C10H10N4O2S/c11-8(16)4-14-10(12)6(5-15)9(13-14)7-2-1-3-17-7/h1-3,5H,4,12H2,(H2,11,16). The van der Waals surface area contributed by atoms with Crippen molar-refractivity contribution >= 4 is 29.3 Å². The van der Waals surface area contributed by atoms with Crippen molar-refractivity contribution in [2.75, 3.05) is 5.73 Å². The number of nitrogens with two attached hydrogens (primary N) is 2. The second-order valence-corrected chi connectivity index (χ2v) is 4.31. The van der Waals surface area contributed by atoms with Gasteiger partial charge in [0.15, 0.2) is 6.29 Å². The number of carbonyl (C=O) groups excluding carboxylic acids is 2. The molecule has 2 aromatic rings. The fourth-order valence-electron chi connectivity index (χ4n) is 1.47. The molecule has 6 nitrogen and oxygen atoms in total. The second kappa shape index (κ2) is 4.38. The number of hydrogen-bond acceptors (Lipinski definition) is 5. The van der Waals surface area contributed by atoms with E-state index in [1.807, 2.05) is 17.5 Å². The lowest BCUT2D eigenvalue weighted by Gasteiger charge is -1.98. The monoisotopic (exact) mass is 250 g/mol. The van der Waals surface area contributed by atoms with Crippen molar-refractivity contribution in [2.45, 2.75) is 6.54 Å². The first-order chi connectivity index (χ1) is 8.13. The minimum atomic E-state index is -0.561. The Morgan fingerprint density at radius 2 is 2.35 bits per heavy atom. The molecule has 4 N–H and O–H groups in total. The lowest BCUT2D eigenvalue weighted by Crippen LogP contribution is -2.20. The number of thiophene rings is 1. The van der Waals surface area contributed by atoms with Crippen LogP contribution in [0.25, 0.3) is 10.6 Å². The molecule has 2 rings (SSSR count). The summed E-state index contributed by atoms with van der Waals surface area (Å²) in [5.41, 5.74) is 11.6. The highest BCUT2D eigenvalue weighted by Gasteiger charge is 2.17. The Labute approximate surface area is 101 Å². The molecule has 0 aliphatic carbocycles. The van der Waals surface area contributed by atoms with E-state index in [-0.39, 0.29) is 17.9 Å². The molecule has 1 amide bonds. The van der Waals surface area contributed by atoms with Crippen LogP contribution in [0.15, 0.2) is 17.5 Å². The zero-order chi connectivity index (χ0) is 12.4. The molecule has 17 heavy (non-hydrogen) atoms. The van der Waals surface area contributed by atoms with Crippen LogP contribution in [-0.2, 0) is 11.3 Å². The summed E-state index contributed by atoms with van der Waals surface area (Å²) in [6.07, 6.45) is 0.634. The number of aldehydes is 1. The predicted molar refractivity (Wildman–Crippen MR) is 64.5 cm³/mol. The smallest absolute Gasteiger partial charge is 0.239 e. The Balaban J connectivity index is 2.53. The van der Waals surface area contributed by atoms with E-state index < -0.39 is 5.91 Å². The molecule has 88 valence electrons. The van der Waals surface area contributed by atoms with Gasteiger partial charge in [0, 0.05) is 0 Å². The molecule has 7 heteroatoms. The van der Waals surface area contributed by atoms with Gasteiger partial charge in [-0.05, 0) is 11.4 Å². The Bertz CT molecular complexity index is 559. The highest BCUT2D eigenvalue weighted by atomic mass is 32.1. The molecule has 2 heterocycles. The number of primary amides is 1. The van der Waals surface area contributed by atoms with E-state index in [4.69, 9.17) is 11.5 Å². The Kier molecular flexibility index (Phi) is 2.92. The molecule has 0 saturated heterocycles. The Hall–Kier alpha value is -2.15. The summed E-state index contributed by atoms with van der Waals surface area (Å²) in [7, 11) is 0. The largest absolute Gasteiger partial charge is 0.383 e. The third kappa shape index (κ3) is 2.04. The van der Waals surface area contributed by atoms with Gasteiger partial charge in [0.25, 0.3) is 0 Å². The fourth-order valence-corrected chi connectivity index (χ4v) is 2.19. The highest BCUT2D eigenvalue weighted by Crippen LogP contribution is 2.29. The van der Waals surface area contributed by atoms with E-state index >= 15 is 0 Å². The summed E-state index contributed by atoms with van der Waals surface area (Å²) < 4.78 is 1.24. The van der Waals surface area contributed by atoms with Gasteiger partial charge in [0.1, 0.15) is 18.1 Å². The Morgan fingerprint density at radius 1 is 1.59 bits per heavy atom. The van der Waals surface area contributed by atoms with Gasteiger partial charge in [-0.3, -0.25) is 9.59 Å². The number of anilines is 1. The number of nitrogens with zero attached hydrogens (tertiary/aromatic N) is 2. The van der Waals surface area contributed by atoms with Crippen LogP contribution in [0.2, 0.25) is 0 Å². The predicted octanol–water partition coefficient (Wildman–Crippen LogP) is 0.492. The lowest BCUT2D eigenvalue weighted by molar-refractivity contribution is -0.118. The van der Waals surface area contributed by atoms with E-state index in [1.165, 1.54) is 16.0 Å².